The number of amides is 1. The smallest absolute Gasteiger partial charge is 0.273 e. The van der Waals surface area contributed by atoms with Crippen LogP contribution in [0.2, 0.25) is 0 Å². The number of rotatable bonds is 3. The molecule has 1 aliphatic heterocycles. The molecular weight excluding hydrogens is 291 g/mol. The molecule has 1 amide bonds. The summed E-state index contributed by atoms with van der Waals surface area (Å²) in [5, 5.41) is 8.36. The fourth-order valence-electron chi connectivity index (χ4n) is 2.53. The molecule has 0 spiro atoms. The van der Waals surface area contributed by atoms with Gasteiger partial charge in [-0.3, -0.25) is 4.79 Å². The van der Waals surface area contributed by atoms with Crippen molar-refractivity contribution in [2.75, 3.05) is 18.0 Å². The number of anilines is 1. The van der Waals surface area contributed by atoms with Crippen molar-refractivity contribution in [2.45, 2.75) is 18.9 Å². The van der Waals surface area contributed by atoms with Crippen molar-refractivity contribution in [3.05, 3.63) is 41.2 Å². The molecule has 0 radical (unpaired) electrons. The number of hydrogen-bond acceptors (Lipinski definition) is 5. The Labute approximate surface area is 125 Å². The molecule has 0 saturated carbocycles. The Morgan fingerprint density at radius 2 is 2.38 bits per heavy atom. The predicted octanol–water partition coefficient (Wildman–Crippen LogP) is 2.08. The second-order valence-corrected chi connectivity index (χ2v) is 5.64. The third-order valence-corrected chi connectivity index (χ3v) is 4.03. The molecule has 21 heavy (non-hydrogen) atoms. The molecule has 1 atom stereocenters. The van der Waals surface area contributed by atoms with Crippen LogP contribution in [0.5, 0.6) is 0 Å². The van der Waals surface area contributed by atoms with Crippen LogP contribution in [0, 0.1) is 5.82 Å². The van der Waals surface area contributed by atoms with Crippen molar-refractivity contribution in [3.63, 3.8) is 0 Å². The van der Waals surface area contributed by atoms with Gasteiger partial charge in [0.1, 0.15) is 5.82 Å². The van der Waals surface area contributed by atoms with E-state index in [0.717, 1.165) is 36.6 Å². The average Bonchev–Trinajstić information content (AvgIpc) is 3.02. The van der Waals surface area contributed by atoms with E-state index in [0.29, 0.717) is 12.2 Å². The van der Waals surface area contributed by atoms with Crippen LogP contribution in [0.4, 0.5) is 10.1 Å². The van der Waals surface area contributed by atoms with Crippen LogP contribution in [0.15, 0.2) is 29.6 Å². The Morgan fingerprint density at radius 1 is 1.48 bits per heavy atom. The maximum Gasteiger partial charge on any atom is 0.273 e. The minimum Gasteiger partial charge on any atom is -0.369 e. The Balaban J connectivity index is 1.64. The van der Waals surface area contributed by atoms with Crippen LogP contribution in [-0.4, -0.2) is 34.6 Å². The van der Waals surface area contributed by atoms with E-state index in [1.807, 2.05) is 6.07 Å². The minimum absolute atomic E-state index is 0.0382. The first-order chi connectivity index (χ1) is 10.2. The molecule has 5 nitrogen and oxygen atoms in total. The molecular formula is C14H15FN4OS. The molecule has 1 N–H and O–H groups in total. The van der Waals surface area contributed by atoms with E-state index < -0.39 is 0 Å². The number of carbonyl (C=O) groups excluding carboxylic acids is 1. The lowest BCUT2D eigenvalue weighted by molar-refractivity contribution is 0.0928. The first kappa shape index (κ1) is 13.9. The van der Waals surface area contributed by atoms with E-state index in [9.17, 15) is 9.18 Å². The lowest BCUT2D eigenvalue weighted by Gasteiger charge is -2.34. The molecule has 0 aliphatic carbocycles. The van der Waals surface area contributed by atoms with Gasteiger partial charge in [-0.25, -0.2) is 4.39 Å². The van der Waals surface area contributed by atoms with E-state index in [1.54, 1.807) is 11.4 Å². The van der Waals surface area contributed by atoms with Gasteiger partial charge in [-0.1, -0.05) is 10.6 Å². The van der Waals surface area contributed by atoms with Crippen LogP contribution in [0.1, 0.15) is 23.3 Å². The van der Waals surface area contributed by atoms with Gasteiger partial charge in [0.25, 0.3) is 5.91 Å². The normalized spacial score (nSPS) is 18.5. The highest BCUT2D eigenvalue weighted by Gasteiger charge is 2.23. The van der Waals surface area contributed by atoms with Gasteiger partial charge in [0.2, 0.25) is 0 Å². The molecule has 1 aromatic heterocycles. The third kappa shape index (κ3) is 3.36. The summed E-state index contributed by atoms with van der Waals surface area (Å²) in [6, 6.07) is 6.58. The number of nitrogens with zero attached hydrogens (tertiary/aromatic N) is 3. The zero-order valence-corrected chi connectivity index (χ0v) is 12.1. The van der Waals surface area contributed by atoms with Gasteiger partial charge in [-0.2, -0.15) is 0 Å². The molecule has 1 saturated heterocycles. The van der Waals surface area contributed by atoms with Crippen LogP contribution in [0.25, 0.3) is 0 Å². The molecule has 7 heteroatoms. The lowest BCUT2D eigenvalue weighted by Crippen LogP contribution is -2.48. The van der Waals surface area contributed by atoms with Crippen molar-refractivity contribution in [2.24, 2.45) is 0 Å². The van der Waals surface area contributed by atoms with Crippen molar-refractivity contribution in [1.82, 2.24) is 14.9 Å². The van der Waals surface area contributed by atoms with Gasteiger partial charge in [0.05, 0.1) is 0 Å². The number of nitrogens with one attached hydrogen (secondary N) is 1. The molecule has 110 valence electrons. The molecule has 1 aromatic carbocycles. The molecule has 0 unspecified atom stereocenters. The number of halogens is 1. The van der Waals surface area contributed by atoms with Gasteiger partial charge in [-0.15, -0.1) is 5.10 Å². The Morgan fingerprint density at radius 3 is 3.14 bits per heavy atom. The summed E-state index contributed by atoms with van der Waals surface area (Å²) in [6.45, 7) is 1.54. The summed E-state index contributed by atoms with van der Waals surface area (Å²) in [5.74, 6) is -0.443. The summed E-state index contributed by atoms with van der Waals surface area (Å²) in [6.07, 6.45) is 1.87. The maximum absolute atomic E-state index is 13.3. The van der Waals surface area contributed by atoms with Crippen molar-refractivity contribution < 1.29 is 9.18 Å². The highest BCUT2D eigenvalue weighted by atomic mass is 32.1. The molecule has 0 bridgehead atoms. The van der Waals surface area contributed by atoms with Crippen molar-refractivity contribution >= 4 is 23.1 Å². The monoisotopic (exact) mass is 306 g/mol. The fraction of sp³-hybridized carbons (Fsp3) is 0.357. The standard InChI is InChI=1S/C14H15FN4OS/c15-10-3-1-5-12(7-10)19-6-2-4-11(8-19)16-14(20)13-9-21-18-17-13/h1,3,5,7,9,11H,2,4,6,8H2,(H,16,20)/t11-/m1/s1. The fourth-order valence-corrected chi connectivity index (χ4v) is 2.96. The van der Waals surface area contributed by atoms with Crippen molar-refractivity contribution in [1.29, 1.82) is 0 Å². The topological polar surface area (TPSA) is 58.1 Å². The summed E-state index contributed by atoms with van der Waals surface area (Å²) in [7, 11) is 0. The maximum atomic E-state index is 13.3. The lowest BCUT2D eigenvalue weighted by atomic mass is 10.0. The van der Waals surface area contributed by atoms with E-state index in [-0.39, 0.29) is 17.8 Å². The van der Waals surface area contributed by atoms with E-state index >= 15 is 0 Å². The van der Waals surface area contributed by atoms with E-state index in [2.05, 4.69) is 19.8 Å². The first-order valence-corrected chi connectivity index (χ1v) is 7.64. The van der Waals surface area contributed by atoms with Crippen LogP contribution >= 0.6 is 11.5 Å². The number of benzene rings is 1. The first-order valence-electron chi connectivity index (χ1n) is 6.81. The number of piperidine rings is 1. The van der Waals surface area contributed by atoms with Crippen molar-refractivity contribution in [3.8, 4) is 0 Å². The van der Waals surface area contributed by atoms with Gasteiger partial charge >= 0.3 is 0 Å². The van der Waals surface area contributed by atoms with Gasteiger partial charge < -0.3 is 10.2 Å². The minimum atomic E-state index is -0.243. The quantitative estimate of drug-likeness (QED) is 0.943. The summed E-state index contributed by atoms with van der Waals surface area (Å²) < 4.78 is 17.0. The summed E-state index contributed by atoms with van der Waals surface area (Å²) in [4.78, 5) is 14.1. The predicted molar refractivity (Wildman–Crippen MR) is 79.0 cm³/mol. The second kappa shape index (κ2) is 6.17. The van der Waals surface area contributed by atoms with Crippen LogP contribution in [0.3, 0.4) is 0 Å². The van der Waals surface area contributed by atoms with Gasteiger partial charge in [0.15, 0.2) is 5.69 Å². The largest absolute Gasteiger partial charge is 0.369 e. The third-order valence-electron chi connectivity index (χ3n) is 3.52. The molecule has 1 aliphatic rings. The van der Waals surface area contributed by atoms with Gasteiger partial charge in [-0.05, 0) is 42.6 Å². The Hall–Kier alpha value is -2.02. The number of aromatic nitrogens is 2. The SMILES string of the molecule is O=C(N[C@@H]1CCCN(c2cccc(F)c2)C1)c1csnn1. The number of carbonyl (C=O) groups is 1. The van der Waals surface area contributed by atoms with Crippen LogP contribution < -0.4 is 10.2 Å². The van der Waals surface area contributed by atoms with Gasteiger partial charge in [0, 0.05) is 30.2 Å². The average molecular weight is 306 g/mol. The summed E-state index contributed by atoms with van der Waals surface area (Å²) in [5.41, 5.74) is 1.20. The van der Waals surface area contributed by atoms with E-state index in [4.69, 9.17) is 0 Å². The molecule has 2 aromatic rings. The van der Waals surface area contributed by atoms with E-state index in [1.165, 1.54) is 12.1 Å². The molecule has 3 rings (SSSR count). The molecule has 1 fully saturated rings. The Kier molecular flexibility index (Phi) is 4.10. The second-order valence-electron chi connectivity index (χ2n) is 5.03. The zero-order valence-electron chi connectivity index (χ0n) is 11.3. The highest BCUT2D eigenvalue weighted by Crippen LogP contribution is 2.20. The summed E-state index contributed by atoms with van der Waals surface area (Å²) >= 11 is 1.15. The van der Waals surface area contributed by atoms with Crippen LogP contribution in [-0.2, 0) is 0 Å². The molecule has 2 heterocycles. The highest BCUT2D eigenvalue weighted by molar-refractivity contribution is 7.03. The number of hydrogen-bond donors (Lipinski definition) is 1. The Bertz CT molecular complexity index is 619. The zero-order chi connectivity index (χ0) is 14.7.